The van der Waals surface area contributed by atoms with E-state index < -0.39 is 0 Å². The molecule has 0 radical (unpaired) electrons. The molecule has 1 atom stereocenters. The first-order valence-corrected chi connectivity index (χ1v) is 7.97. The summed E-state index contributed by atoms with van der Waals surface area (Å²) >= 11 is 0. The fourth-order valence-electron chi connectivity index (χ4n) is 3.08. The molecule has 0 spiro atoms. The van der Waals surface area contributed by atoms with Gasteiger partial charge in [-0.15, -0.1) is 0 Å². The van der Waals surface area contributed by atoms with Crippen molar-refractivity contribution in [1.29, 1.82) is 0 Å². The average Bonchev–Trinajstić information content (AvgIpc) is 2.96. The van der Waals surface area contributed by atoms with Crippen LogP contribution in [0.4, 0.5) is 0 Å². The van der Waals surface area contributed by atoms with Gasteiger partial charge in [0, 0.05) is 37.2 Å². The Morgan fingerprint density at radius 3 is 3.05 bits per heavy atom. The third kappa shape index (κ3) is 3.41. The SMILES string of the molecule is CCCNC(CC1CCOCC1)c1cnn2ccncc12. The smallest absolute Gasteiger partial charge is 0.0892 e. The fourth-order valence-corrected chi connectivity index (χ4v) is 3.08. The molecule has 3 rings (SSSR count). The van der Waals surface area contributed by atoms with Gasteiger partial charge in [-0.3, -0.25) is 4.98 Å². The van der Waals surface area contributed by atoms with Crippen LogP contribution in [0, 0.1) is 5.92 Å². The third-order valence-electron chi connectivity index (χ3n) is 4.28. The van der Waals surface area contributed by atoms with Crippen molar-refractivity contribution in [3.05, 3.63) is 30.4 Å². The number of nitrogens with zero attached hydrogens (tertiary/aromatic N) is 3. The molecule has 1 aliphatic rings. The second-order valence-corrected chi connectivity index (χ2v) is 5.80. The van der Waals surface area contributed by atoms with E-state index in [0.29, 0.717) is 6.04 Å². The van der Waals surface area contributed by atoms with Crippen LogP contribution in [-0.2, 0) is 4.74 Å². The van der Waals surface area contributed by atoms with Gasteiger partial charge in [0.2, 0.25) is 0 Å². The van der Waals surface area contributed by atoms with E-state index in [4.69, 9.17) is 4.74 Å². The molecule has 2 aromatic rings. The molecule has 2 aromatic heterocycles. The van der Waals surface area contributed by atoms with Crippen molar-refractivity contribution in [3.63, 3.8) is 0 Å². The van der Waals surface area contributed by atoms with Crippen LogP contribution in [0.2, 0.25) is 0 Å². The largest absolute Gasteiger partial charge is 0.381 e. The Balaban J connectivity index is 1.80. The zero-order valence-electron chi connectivity index (χ0n) is 12.7. The Morgan fingerprint density at radius 2 is 2.24 bits per heavy atom. The van der Waals surface area contributed by atoms with Gasteiger partial charge < -0.3 is 10.1 Å². The second-order valence-electron chi connectivity index (χ2n) is 5.80. The zero-order valence-corrected chi connectivity index (χ0v) is 12.7. The quantitative estimate of drug-likeness (QED) is 0.887. The van der Waals surface area contributed by atoms with E-state index in [1.165, 1.54) is 18.4 Å². The molecule has 1 N–H and O–H groups in total. The van der Waals surface area contributed by atoms with E-state index in [1.54, 1.807) is 6.20 Å². The number of aromatic nitrogens is 3. The van der Waals surface area contributed by atoms with Crippen molar-refractivity contribution in [2.75, 3.05) is 19.8 Å². The Bertz CT molecular complexity index is 562. The number of hydrogen-bond donors (Lipinski definition) is 1. The maximum Gasteiger partial charge on any atom is 0.0892 e. The van der Waals surface area contributed by atoms with Crippen LogP contribution < -0.4 is 5.32 Å². The molecule has 5 nitrogen and oxygen atoms in total. The molecule has 0 amide bonds. The summed E-state index contributed by atoms with van der Waals surface area (Å²) in [5.74, 6) is 0.736. The van der Waals surface area contributed by atoms with Gasteiger partial charge in [-0.2, -0.15) is 5.10 Å². The van der Waals surface area contributed by atoms with E-state index in [2.05, 4.69) is 22.3 Å². The van der Waals surface area contributed by atoms with Gasteiger partial charge in [0.05, 0.1) is 17.9 Å². The zero-order chi connectivity index (χ0) is 14.5. The van der Waals surface area contributed by atoms with Crippen molar-refractivity contribution in [3.8, 4) is 0 Å². The first-order valence-electron chi connectivity index (χ1n) is 7.97. The predicted octanol–water partition coefficient (Wildman–Crippen LogP) is 2.59. The van der Waals surface area contributed by atoms with Crippen LogP contribution in [0.25, 0.3) is 5.52 Å². The standard InChI is InChI=1S/C16H24N4O/c1-2-5-18-15(10-13-3-8-21-9-4-13)14-11-19-20-7-6-17-12-16(14)20/h6-7,11-13,15,18H,2-5,8-10H2,1H3. The van der Waals surface area contributed by atoms with Gasteiger partial charge in [-0.25, -0.2) is 4.52 Å². The number of fused-ring (bicyclic) bond motifs is 1. The summed E-state index contributed by atoms with van der Waals surface area (Å²) in [6.45, 7) is 5.05. The molecule has 1 unspecified atom stereocenters. The molecule has 0 saturated carbocycles. The first kappa shape index (κ1) is 14.5. The number of ether oxygens (including phenoxy) is 1. The van der Waals surface area contributed by atoms with Gasteiger partial charge >= 0.3 is 0 Å². The second kappa shape index (κ2) is 7.00. The molecule has 114 valence electrons. The molecular formula is C16H24N4O. The summed E-state index contributed by atoms with van der Waals surface area (Å²) in [4.78, 5) is 4.25. The summed E-state index contributed by atoms with van der Waals surface area (Å²) < 4.78 is 7.39. The van der Waals surface area contributed by atoms with Crippen LogP contribution in [-0.4, -0.2) is 34.4 Å². The third-order valence-corrected chi connectivity index (χ3v) is 4.28. The maximum atomic E-state index is 5.48. The molecule has 0 aliphatic carbocycles. The lowest BCUT2D eigenvalue weighted by Crippen LogP contribution is -2.27. The summed E-state index contributed by atoms with van der Waals surface area (Å²) in [7, 11) is 0. The monoisotopic (exact) mass is 288 g/mol. The Labute approximate surface area is 125 Å². The lowest BCUT2D eigenvalue weighted by atomic mass is 9.90. The van der Waals surface area contributed by atoms with Crippen LogP contribution in [0.5, 0.6) is 0 Å². The van der Waals surface area contributed by atoms with E-state index in [0.717, 1.165) is 44.0 Å². The molecule has 5 heteroatoms. The molecule has 0 aromatic carbocycles. The number of nitrogens with one attached hydrogen (secondary N) is 1. The van der Waals surface area contributed by atoms with Crippen LogP contribution in [0.1, 0.15) is 44.2 Å². The van der Waals surface area contributed by atoms with Crippen LogP contribution in [0.15, 0.2) is 24.8 Å². The number of hydrogen-bond acceptors (Lipinski definition) is 4. The average molecular weight is 288 g/mol. The van der Waals surface area contributed by atoms with E-state index in [9.17, 15) is 0 Å². The summed E-state index contributed by atoms with van der Waals surface area (Å²) in [6, 6.07) is 0.356. The summed E-state index contributed by atoms with van der Waals surface area (Å²) in [5, 5.41) is 8.14. The van der Waals surface area contributed by atoms with Gasteiger partial charge in [0.1, 0.15) is 0 Å². The van der Waals surface area contributed by atoms with Crippen molar-refractivity contribution in [2.24, 2.45) is 5.92 Å². The van der Waals surface area contributed by atoms with Gasteiger partial charge in [0.25, 0.3) is 0 Å². The lowest BCUT2D eigenvalue weighted by molar-refractivity contribution is 0.0605. The fraction of sp³-hybridized carbons (Fsp3) is 0.625. The van der Waals surface area contributed by atoms with Crippen molar-refractivity contribution < 1.29 is 4.74 Å². The lowest BCUT2D eigenvalue weighted by Gasteiger charge is -2.27. The minimum atomic E-state index is 0.356. The highest BCUT2D eigenvalue weighted by Crippen LogP contribution is 2.29. The Morgan fingerprint density at radius 1 is 1.38 bits per heavy atom. The van der Waals surface area contributed by atoms with Gasteiger partial charge in [-0.1, -0.05) is 6.92 Å². The normalized spacial score (nSPS) is 18.1. The van der Waals surface area contributed by atoms with Crippen molar-refractivity contribution in [2.45, 2.75) is 38.6 Å². The highest BCUT2D eigenvalue weighted by atomic mass is 16.5. The highest BCUT2D eigenvalue weighted by molar-refractivity contribution is 5.53. The van der Waals surface area contributed by atoms with E-state index >= 15 is 0 Å². The number of rotatable bonds is 6. The van der Waals surface area contributed by atoms with Crippen LogP contribution >= 0.6 is 0 Å². The molecule has 1 aliphatic heterocycles. The summed E-state index contributed by atoms with van der Waals surface area (Å²) in [6.07, 6.45) is 12.2. The Kier molecular flexibility index (Phi) is 4.83. The predicted molar refractivity (Wildman–Crippen MR) is 82.2 cm³/mol. The maximum absolute atomic E-state index is 5.48. The van der Waals surface area contributed by atoms with Crippen LogP contribution in [0.3, 0.4) is 0 Å². The minimum Gasteiger partial charge on any atom is -0.381 e. The topological polar surface area (TPSA) is 51.5 Å². The molecule has 3 heterocycles. The van der Waals surface area contributed by atoms with E-state index in [-0.39, 0.29) is 0 Å². The van der Waals surface area contributed by atoms with Gasteiger partial charge in [0.15, 0.2) is 0 Å². The minimum absolute atomic E-state index is 0.356. The Hall–Kier alpha value is -1.46. The molecule has 21 heavy (non-hydrogen) atoms. The summed E-state index contributed by atoms with van der Waals surface area (Å²) in [5.41, 5.74) is 2.38. The van der Waals surface area contributed by atoms with E-state index in [1.807, 2.05) is 23.1 Å². The van der Waals surface area contributed by atoms with Crippen molar-refractivity contribution in [1.82, 2.24) is 19.9 Å². The first-order chi connectivity index (χ1) is 10.4. The molecule has 1 saturated heterocycles. The highest BCUT2D eigenvalue weighted by Gasteiger charge is 2.22. The molecular weight excluding hydrogens is 264 g/mol. The molecule has 1 fully saturated rings. The van der Waals surface area contributed by atoms with Crippen molar-refractivity contribution >= 4 is 5.52 Å². The molecule has 0 bridgehead atoms. The van der Waals surface area contributed by atoms with Gasteiger partial charge in [-0.05, 0) is 38.1 Å².